The molecule has 0 amide bonds. The molecule has 17 heavy (non-hydrogen) atoms. The van der Waals surface area contributed by atoms with E-state index in [0.29, 0.717) is 0 Å². The van der Waals surface area contributed by atoms with Crippen LogP contribution < -0.4 is 0 Å². The van der Waals surface area contributed by atoms with Crippen LogP contribution in [0.25, 0.3) is 6.08 Å². The van der Waals surface area contributed by atoms with Crippen molar-refractivity contribution in [2.24, 2.45) is 0 Å². The maximum atomic E-state index is 10.8. The molecule has 0 atom stereocenters. The van der Waals surface area contributed by atoms with Crippen molar-refractivity contribution in [1.82, 2.24) is 0 Å². The molecule has 0 bridgehead atoms. The van der Waals surface area contributed by atoms with Gasteiger partial charge < -0.3 is 9.84 Å². The summed E-state index contributed by atoms with van der Waals surface area (Å²) in [6.07, 6.45) is 4.24. The minimum atomic E-state index is -1.06. The summed E-state index contributed by atoms with van der Waals surface area (Å²) in [5.41, 5.74) is 1.96. The summed E-state index contributed by atoms with van der Waals surface area (Å²) < 4.78 is 4.80. The molecule has 0 aromatic heterocycles. The van der Waals surface area contributed by atoms with E-state index < -0.39 is 5.97 Å². The van der Waals surface area contributed by atoms with Crippen molar-refractivity contribution >= 4 is 12.0 Å². The number of rotatable bonds is 5. The lowest BCUT2D eigenvalue weighted by molar-refractivity contribution is -0.136. The van der Waals surface area contributed by atoms with E-state index in [9.17, 15) is 4.79 Å². The molecule has 0 heterocycles. The average molecular weight is 232 g/mol. The van der Waals surface area contributed by atoms with Crippen molar-refractivity contribution in [3.63, 3.8) is 0 Å². The number of carboxylic acid groups (broad SMARTS) is 1. The summed E-state index contributed by atoms with van der Waals surface area (Å²) >= 11 is 0. The van der Waals surface area contributed by atoms with E-state index in [1.807, 2.05) is 43.3 Å². The Morgan fingerprint density at radius 2 is 2.00 bits per heavy atom. The van der Waals surface area contributed by atoms with Crippen molar-refractivity contribution < 1.29 is 14.6 Å². The zero-order chi connectivity index (χ0) is 12.7. The van der Waals surface area contributed by atoms with Crippen molar-refractivity contribution in [1.29, 1.82) is 0 Å². The summed E-state index contributed by atoms with van der Waals surface area (Å²) in [6.45, 7) is 1.97. The van der Waals surface area contributed by atoms with Crippen LogP contribution in [-0.4, -0.2) is 18.2 Å². The molecule has 3 heteroatoms. The molecule has 3 nitrogen and oxygen atoms in total. The smallest absolute Gasteiger partial charge is 0.371 e. The van der Waals surface area contributed by atoms with E-state index >= 15 is 0 Å². The first-order valence-corrected chi connectivity index (χ1v) is 5.42. The number of hydrogen-bond donors (Lipinski definition) is 1. The van der Waals surface area contributed by atoms with E-state index in [2.05, 4.69) is 0 Å². The van der Waals surface area contributed by atoms with Gasteiger partial charge >= 0.3 is 5.97 Å². The van der Waals surface area contributed by atoms with Crippen LogP contribution in [0.15, 0.2) is 47.7 Å². The van der Waals surface area contributed by atoms with Gasteiger partial charge in [0, 0.05) is 0 Å². The minimum Gasteiger partial charge on any atom is -0.490 e. The van der Waals surface area contributed by atoms with Gasteiger partial charge in [-0.15, -0.1) is 0 Å². The third-order valence-electron chi connectivity index (χ3n) is 2.31. The van der Waals surface area contributed by atoms with Crippen molar-refractivity contribution in [2.75, 3.05) is 7.11 Å². The predicted octanol–water partition coefficient (Wildman–Crippen LogP) is 3.09. The molecule has 0 fully saturated rings. The Morgan fingerprint density at radius 3 is 2.47 bits per heavy atom. The molecule has 0 aliphatic heterocycles. The first kappa shape index (κ1) is 13.0. The van der Waals surface area contributed by atoms with E-state index in [4.69, 9.17) is 9.84 Å². The van der Waals surface area contributed by atoms with Gasteiger partial charge in [-0.1, -0.05) is 43.3 Å². The fourth-order valence-corrected chi connectivity index (χ4v) is 1.39. The van der Waals surface area contributed by atoms with Crippen LogP contribution in [0.2, 0.25) is 0 Å². The number of hydrogen-bond acceptors (Lipinski definition) is 2. The van der Waals surface area contributed by atoms with Gasteiger partial charge in [0.05, 0.1) is 7.11 Å². The van der Waals surface area contributed by atoms with Crippen LogP contribution in [0.1, 0.15) is 18.9 Å². The van der Waals surface area contributed by atoms with Gasteiger partial charge in [0.2, 0.25) is 5.76 Å². The Hall–Kier alpha value is -2.03. The summed E-state index contributed by atoms with van der Waals surface area (Å²) in [6, 6.07) is 9.76. The Balaban J connectivity index is 3.00. The standard InChI is InChI=1S/C14H16O3/c1-3-11(10-13(17-2)14(15)16)9-12-7-5-4-6-8-12/h4-10H,3H2,1-2H3,(H,15,16)/b11-9+,13-10-. The molecule has 1 N–H and O–H groups in total. The van der Waals surface area contributed by atoms with Crippen LogP contribution in [0.3, 0.4) is 0 Å². The molecular weight excluding hydrogens is 216 g/mol. The lowest BCUT2D eigenvalue weighted by atomic mass is 10.1. The number of aliphatic carboxylic acids is 1. The lowest BCUT2D eigenvalue weighted by Crippen LogP contribution is -2.02. The van der Waals surface area contributed by atoms with E-state index in [1.165, 1.54) is 7.11 Å². The molecule has 0 aliphatic rings. The number of carbonyl (C=O) groups is 1. The van der Waals surface area contributed by atoms with Gasteiger partial charge in [-0.2, -0.15) is 0 Å². The fraction of sp³-hybridized carbons (Fsp3) is 0.214. The summed E-state index contributed by atoms with van der Waals surface area (Å²) in [7, 11) is 1.36. The fourth-order valence-electron chi connectivity index (χ4n) is 1.39. The highest BCUT2D eigenvalue weighted by atomic mass is 16.5. The zero-order valence-electron chi connectivity index (χ0n) is 10.0. The second-order valence-corrected chi connectivity index (χ2v) is 3.50. The minimum absolute atomic E-state index is 0.0472. The zero-order valence-corrected chi connectivity index (χ0v) is 10.0. The van der Waals surface area contributed by atoms with Crippen LogP contribution in [0.4, 0.5) is 0 Å². The van der Waals surface area contributed by atoms with E-state index in [-0.39, 0.29) is 5.76 Å². The molecule has 1 rings (SSSR count). The van der Waals surface area contributed by atoms with E-state index in [0.717, 1.165) is 17.6 Å². The number of methoxy groups -OCH3 is 1. The highest BCUT2D eigenvalue weighted by Gasteiger charge is 2.06. The van der Waals surface area contributed by atoms with Crippen LogP contribution in [0.5, 0.6) is 0 Å². The van der Waals surface area contributed by atoms with Gasteiger partial charge in [0.25, 0.3) is 0 Å². The molecule has 0 saturated heterocycles. The summed E-state index contributed by atoms with van der Waals surface area (Å²) in [5, 5.41) is 8.86. The third-order valence-corrected chi connectivity index (χ3v) is 2.31. The summed E-state index contributed by atoms with van der Waals surface area (Å²) in [5.74, 6) is -1.10. The van der Waals surface area contributed by atoms with Crippen molar-refractivity contribution in [3.8, 4) is 0 Å². The Morgan fingerprint density at radius 1 is 1.35 bits per heavy atom. The molecule has 0 aliphatic carbocycles. The van der Waals surface area contributed by atoms with E-state index in [1.54, 1.807) is 6.08 Å². The Labute approximate surface area is 101 Å². The van der Waals surface area contributed by atoms with Gasteiger partial charge in [-0.25, -0.2) is 4.79 Å². The lowest BCUT2D eigenvalue weighted by Gasteiger charge is -2.03. The maximum Gasteiger partial charge on any atom is 0.371 e. The highest BCUT2D eigenvalue weighted by Crippen LogP contribution is 2.13. The van der Waals surface area contributed by atoms with Crippen LogP contribution >= 0.6 is 0 Å². The first-order chi connectivity index (χ1) is 8.17. The predicted molar refractivity (Wildman–Crippen MR) is 67.4 cm³/mol. The second kappa shape index (κ2) is 6.53. The number of allylic oxidation sites excluding steroid dienone is 2. The number of ether oxygens (including phenoxy) is 1. The first-order valence-electron chi connectivity index (χ1n) is 5.42. The molecule has 1 aromatic rings. The number of benzene rings is 1. The number of carboxylic acids is 1. The van der Waals surface area contributed by atoms with Gasteiger partial charge in [0.15, 0.2) is 0 Å². The van der Waals surface area contributed by atoms with Gasteiger partial charge in [0.1, 0.15) is 0 Å². The third kappa shape index (κ3) is 4.15. The van der Waals surface area contributed by atoms with Gasteiger partial charge in [-0.3, -0.25) is 0 Å². The van der Waals surface area contributed by atoms with Gasteiger partial charge in [-0.05, 0) is 23.6 Å². The molecule has 0 saturated carbocycles. The molecule has 0 spiro atoms. The molecular formula is C14H16O3. The monoisotopic (exact) mass is 232 g/mol. The highest BCUT2D eigenvalue weighted by molar-refractivity contribution is 5.85. The Kier molecular flexibility index (Phi) is 5.01. The molecule has 90 valence electrons. The quantitative estimate of drug-likeness (QED) is 0.482. The Bertz CT molecular complexity index is 430. The second-order valence-electron chi connectivity index (χ2n) is 3.50. The molecule has 0 radical (unpaired) electrons. The largest absolute Gasteiger partial charge is 0.490 e. The van der Waals surface area contributed by atoms with Crippen LogP contribution in [0, 0.1) is 0 Å². The molecule has 1 aromatic carbocycles. The normalized spacial score (nSPS) is 12.4. The SMILES string of the molecule is CCC(/C=C(\OC)C(=O)O)=C\c1ccccc1. The molecule has 0 unspecified atom stereocenters. The maximum absolute atomic E-state index is 10.8. The average Bonchev–Trinajstić information content (AvgIpc) is 2.35. The summed E-state index contributed by atoms with van der Waals surface area (Å²) in [4.78, 5) is 10.8. The topological polar surface area (TPSA) is 46.5 Å². The van der Waals surface area contributed by atoms with Crippen molar-refractivity contribution in [2.45, 2.75) is 13.3 Å². The van der Waals surface area contributed by atoms with Crippen molar-refractivity contribution in [3.05, 3.63) is 53.3 Å². The van der Waals surface area contributed by atoms with Crippen LogP contribution in [-0.2, 0) is 9.53 Å².